The summed E-state index contributed by atoms with van der Waals surface area (Å²) in [5, 5.41) is 2.62. The van der Waals surface area contributed by atoms with Crippen LogP contribution < -0.4 is 5.32 Å². The minimum absolute atomic E-state index is 0.246. The standard InChI is InChI=1S/C17H27NO9/c1-6-7-23-17-14(18-9(2)19)16(26-12(5)22)15(25-11(4)21)13(27-17)8-24-10(3)20/h13-17H,6-8H2,1-5H3,(H,18,19)/t13-,14+,15+,16+,17-/m1/s1. The van der Waals surface area contributed by atoms with Crippen LogP contribution in [0.25, 0.3) is 0 Å². The lowest BCUT2D eigenvalue weighted by molar-refractivity contribution is -0.277. The van der Waals surface area contributed by atoms with Gasteiger partial charge in [0.05, 0.1) is 0 Å². The third kappa shape index (κ3) is 7.51. The van der Waals surface area contributed by atoms with Gasteiger partial charge in [-0.05, 0) is 6.42 Å². The topological polar surface area (TPSA) is 126 Å². The molecule has 0 bridgehead atoms. The van der Waals surface area contributed by atoms with Gasteiger partial charge in [-0.15, -0.1) is 0 Å². The fourth-order valence-electron chi connectivity index (χ4n) is 2.67. The van der Waals surface area contributed by atoms with Gasteiger partial charge in [-0.3, -0.25) is 19.2 Å². The fraction of sp³-hybridized carbons (Fsp3) is 0.765. The van der Waals surface area contributed by atoms with Crippen molar-refractivity contribution in [3.63, 3.8) is 0 Å². The number of esters is 3. The molecule has 0 saturated carbocycles. The molecule has 1 aliphatic rings. The van der Waals surface area contributed by atoms with Gasteiger partial charge < -0.3 is 29.0 Å². The van der Waals surface area contributed by atoms with E-state index in [9.17, 15) is 19.2 Å². The van der Waals surface area contributed by atoms with Crippen LogP contribution in [0.2, 0.25) is 0 Å². The van der Waals surface area contributed by atoms with Gasteiger partial charge in [-0.25, -0.2) is 0 Å². The van der Waals surface area contributed by atoms with E-state index < -0.39 is 54.5 Å². The maximum absolute atomic E-state index is 11.6. The number of hydrogen-bond donors (Lipinski definition) is 1. The summed E-state index contributed by atoms with van der Waals surface area (Å²) in [7, 11) is 0. The monoisotopic (exact) mass is 389 g/mol. The number of amides is 1. The lowest BCUT2D eigenvalue weighted by Crippen LogP contribution is -2.66. The zero-order valence-electron chi connectivity index (χ0n) is 16.2. The van der Waals surface area contributed by atoms with Crippen LogP contribution in [0.5, 0.6) is 0 Å². The summed E-state index contributed by atoms with van der Waals surface area (Å²) < 4.78 is 27.0. The Morgan fingerprint density at radius 3 is 2.00 bits per heavy atom. The number of nitrogens with one attached hydrogen (secondary N) is 1. The van der Waals surface area contributed by atoms with Gasteiger partial charge in [0, 0.05) is 34.3 Å². The fourth-order valence-corrected chi connectivity index (χ4v) is 2.67. The summed E-state index contributed by atoms with van der Waals surface area (Å²) in [5.41, 5.74) is 0. The Morgan fingerprint density at radius 1 is 0.926 bits per heavy atom. The second-order valence-corrected chi connectivity index (χ2v) is 6.09. The Labute approximate surface area is 157 Å². The quantitative estimate of drug-likeness (QED) is 0.453. The summed E-state index contributed by atoms with van der Waals surface area (Å²) in [6.45, 7) is 6.83. The summed E-state index contributed by atoms with van der Waals surface area (Å²) >= 11 is 0. The minimum Gasteiger partial charge on any atom is -0.463 e. The smallest absolute Gasteiger partial charge is 0.303 e. The molecule has 1 amide bonds. The van der Waals surface area contributed by atoms with E-state index in [1.807, 2.05) is 6.92 Å². The van der Waals surface area contributed by atoms with E-state index in [0.717, 1.165) is 0 Å². The Bertz CT molecular complexity index is 551. The molecule has 0 aliphatic carbocycles. The molecule has 10 nitrogen and oxygen atoms in total. The number of carbonyl (C=O) groups excluding carboxylic acids is 4. The molecule has 0 aromatic heterocycles. The molecule has 0 radical (unpaired) electrons. The van der Waals surface area contributed by atoms with E-state index in [-0.39, 0.29) is 6.61 Å². The lowest BCUT2D eigenvalue weighted by atomic mass is 9.96. The zero-order chi connectivity index (χ0) is 20.6. The lowest BCUT2D eigenvalue weighted by Gasteiger charge is -2.44. The second-order valence-electron chi connectivity index (χ2n) is 6.09. The van der Waals surface area contributed by atoms with E-state index in [2.05, 4.69) is 5.32 Å². The minimum atomic E-state index is -1.11. The molecule has 0 unspecified atom stereocenters. The first kappa shape index (κ1) is 22.8. The number of hydrogen-bond acceptors (Lipinski definition) is 9. The van der Waals surface area contributed by atoms with Crippen LogP contribution >= 0.6 is 0 Å². The molecule has 1 rings (SSSR count). The van der Waals surface area contributed by atoms with E-state index in [1.54, 1.807) is 0 Å². The van der Waals surface area contributed by atoms with Crippen molar-refractivity contribution < 1.29 is 42.9 Å². The van der Waals surface area contributed by atoms with Crippen LogP contribution in [-0.4, -0.2) is 67.7 Å². The molecule has 0 spiro atoms. The maximum atomic E-state index is 11.6. The van der Waals surface area contributed by atoms with E-state index >= 15 is 0 Å². The summed E-state index contributed by atoms with van der Waals surface area (Å²) in [6, 6.07) is -0.920. The van der Waals surface area contributed by atoms with Crippen LogP contribution in [0.3, 0.4) is 0 Å². The second kappa shape index (κ2) is 10.8. The molecule has 5 atom stereocenters. The summed E-state index contributed by atoms with van der Waals surface area (Å²) in [6.07, 6.45) is -3.47. The molecule has 1 fully saturated rings. The first-order chi connectivity index (χ1) is 12.6. The van der Waals surface area contributed by atoms with Crippen LogP contribution in [0, 0.1) is 0 Å². The summed E-state index contributed by atoms with van der Waals surface area (Å²) in [4.78, 5) is 46.0. The van der Waals surface area contributed by atoms with Crippen molar-refractivity contribution in [2.24, 2.45) is 0 Å². The van der Waals surface area contributed by atoms with Crippen molar-refractivity contribution in [2.75, 3.05) is 13.2 Å². The Morgan fingerprint density at radius 2 is 1.52 bits per heavy atom. The first-order valence-corrected chi connectivity index (χ1v) is 8.67. The predicted octanol–water partition coefficient (Wildman–Crippen LogP) is 0.0691. The molecular weight excluding hydrogens is 362 g/mol. The average Bonchev–Trinajstić information content (AvgIpc) is 2.54. The highest BCUT2D eigenvalue weighted by atomic mass is 16.7. The Balaban J connectivity index is 3.22. The maximum Gasteiger partial charge on any atom is 0.303 e. The van der Waals surface area contributed by atoms with Gasteiger partial charge in [-0.2, -0.15) is 0 Å². The van der Waals surface area contributed by atoms with Gasteiger partial charge in [0.1, 0.15) is 18.8 Å². The highest BCUT2D eigenvalue weighted by Gasteiger charge is 2.51. The van der Waals surface area contributed by atoms with Crippen LogP contribution in [0.15, 0.2) is 0 Å². The van der Waals surface area contributed by atoms with Crippen molar-refractivity contribution in [1.82, 2.24) is 5.32 Å². The molecule has 1 heterocycles. The third-order valence-electron chi connectivity index (χ3n) is 3.56. The Hall–Kier alpha value is -2.20. The van der Waals surface area contributed by atoms with Gasteiger partial charge in [0.25, 0.3) is 0 Å². The van der Waals surface area contributed by atoms with Gasteiger partial charge in [-0.1, -0.05) is 6.92 Å². The molecule has 1 saturated heterocycles. The van der Waals surface area contributed by atoms with E-state index in [4.69, 9.17) is 23.7 Å². The van der Waals surface area contributed by atoms with Crippen LogP contribution in [-0.2, 0) is 42.9 Å². The first-order valence-electron chi connectivity index (χ1n) is 8.67. The van der Waals surface area contributed by atoms with E-state index in [1.165, 1.54) is 27.7 Å². The van der Waals surface area contributed by atoms with Crippen molar-refractivity contribution in [3.05, 3.63) is 0 Å². The molecular formula is C17H27NO9. The average molecular weight is 389 g/mol. The molecule has 1 N–H and O–H groups in total. The van der Waals surface area contributed by atoms with Crippen LogP contribution in [0.1, 0.15) is 41.0 Å². The van der Waals surface area contributed by atoms with Crippen LogP contribution in [0.4, 0.5) is 0 Å². The number of carbonyl (C=O) groups is 4. The van der Waals surface area contributed by atoms with E-state index in [0.29, 0.717) is 13.0 Å². The molecule has 0 aromatic rings. The summed E-state index contributed by atoms with van der Waals surface area (Å²) in [5.74, 6) is -2.26. The number of ether oxygens (including phenoxy) is 5. The third-order valence-corrected chi connectivity index (χ3v) is 3.56. The molecule has 10 heteroatoms. The predicted molar refractivity (Wildman–Crippen MR) is 90.2 cm³/mol. The Kier molecular flexibility index (Phi) is 9.16. The normalized spacial score (nSPS) is 27.4. The van der Waals surface area contributed by atoms with Crippen molar-refractivity contribution in [1.29, 1.82) is 0 Å². The molecule has 27 heavy (non-hydrogen) atoms. The van der Waals surface area contributed by atoms with Gasteiger partial charge in [0.15, 0.2) is 18.5 Å². The van der Waals surface area contributed by atoms with Gasteiger partial charge in [0.2, 0.25) is 5.91 Å². The van der Waals surface area contributed by atoms with Crippen molar-refractivity contribution >= 4 is 23.8 Å². The van der Waals surface area contributed by atoms with Gasteiger partial charge >= 0.3 is 17.9 Å². The zero-order valence-corrected chi connectivity index (χ0v) is 16.2. The largest absolute Gasteiger partial charge is 0.463 e. The highest BCUT2D eigenvalue weighted by molar-refractivity contribution is 5.73. The van der Waals surface area contributed by atoms with Crippen molar-refractivity contribution in [2.45, 2.75) is 71.7 Å². The molecule has 154 valence electrons. The van der Waals surface area contributed by atoms with Crippen molar-refractivity contribution in [3.8, 4) is 0 Å². The highest BCUT2D eigenvalue weighted by Crippen LogP contribution is 2.28. The molecule has 1 aliphatic heterocycles. The number of rotatable bonds is 8. The molecule has 0 aromatic carbocycles. The SMILES string of the molecule is CCCO[C@@H]1O[C@H](COC(C)=O)[C@H](OC(C)=O)[C@@H](OC(C)=O)[C@@H]1NC(C)=O.